The minimum atomic E-state index is -0.471. The zero-order chi connectivity index (χ0) is 27.5. The fourth-order valence-electron chi connectivity index (χ4n) is 3.71. The van der Waals surface area contributed by atoms with E-state index in [-0.39, 0.29) is 11.3 Å². The summed E-state index contributed by atoms with van der Waals surface area (Å²) >= 11 is 0. The van der Waals surface area contributed by atoms with Crippen molar-refractivity contribution in [3.8, 4) is 5.75 Å². The molecule has 3 rings (SSSR count). The van der Waals surface area contributed by atoms with Crippen LogP contribution < -0.4 is 20.9 Å². The maximum Gasteiger partial charge on any atom is 0.269 e. The Kier molecular flexibility index (Phi) is 10.0. The summed E-state index contributed by atoms with van der Waals surface area (Å²) in [6.45, 7) is 9.17. The topological polar surface area (TPSA) is 96.5 Å². The van der Waals surface area contributed by atoms with Crippen molar-refractivity contribution in [1.29, 1.82) is 0 Å². The van der Waals surface area contributed by atoms with Crippen LogP contribution in [0, 0.1) is 0 Å². The molecule has 38 heavy (non-hydrogen) atoms. The average Bonchev–Trinajstić information content (AvgIpc) is 2.91. The number of hydrogen-bond acceptors (Lipinski definition) is 4. The molecule has 3 aromatic carbocycles. The first-order valence-corrected chi connectivity index (χ1v) is 13.0. The lowest BCUT2D eigenvalue weighted by molar-refractivity contribution is 0.0846. The lowest BCUT2D eigenvalue weighted by atomic mass is 9.87. The van der Waals surface area contributed by atoms with E-state index in [0.29, 0.717) is 34.7 Å². The van der Waals surface area contributed by atoms with Gasteiger partial charge in [0.05, 0.1) is 6.61 Å². The van der Waals surface area contributed by atoms with Crippen LogP contribution in [0.4, 0.5) is 5.69 Å². The van der Waals surface area contributed by atoms with Crippen molar-refractivity contribution in [3.05, 3.63) is 95.1 Å². The lowest BCUT2D eigenvalue weighted by Gasteiger charge is -2.19. The highest BCUT2D eigenvalue weighted by Crippen LogP contribution is 2.22. The Morgan fingerprint density at radius 3 is 1.68 bits per heavy atom. The van der Waals surface area contributed by atoms with E-state index < -0.39 is 11.8 Å². The number of carbonyl (C=O) groups excluding carboxylic acids is 3. The van der Waals surface area contributed by atoms with Gasteiger partial charge in [0.25, 0.3) is 17.7 Å². The van der Waals surface area contributed by atoms with Crippen LogP contribution in [0.2, 0.25) is 0 Å². The minimum absolute atomic E-state index is 0.0116. The van der Waals surface area contributed by atoms with E-state index >= 15 is 0 Å². The molecule has 0 saturated carbocycles. The van der Waals surface area contributed by atoms with Gasteiger partial charge in [0.15, 0.2) is 0 Å². The molecular weight excluding hydrogens is 478 g/mol. The second-order valence-electron chi connectivity index (χ2n) is 10.2. The predicted octanol–water partition coefficient (Wildman–Crippen LogP) is 6.27. The molecule has 0 saturated heterocycles. The first kappa shape index (κ1) is 28.4. The summed E-state index contributed by atoms with van der Waals surface area (Å²) in [6.07, 6.45) is 4.51. The highest BCUT2D eigenvalue weighted by atomic mass is 16.5. The number of hydrazine groups is 1. The van der Waals surface area contributed by atoms with E-state index in [1.807, 2.05) is 12.1 Å². The predicted molar refractivity (Wildman–Crippen MR) is 151 cm³/mol. The first-order chi connectivity index (χ1) is 18.2. The van der Waals surface area contributed by atoms with E-state index in [2.05, 4.69) is 43.9 Å². The fourth-order valence-corrected chi connectivity index (χ4v) is 3.71. The number of nitrogens with one attached hydrogen (secondary N) is 3. The van der Waals surface area contributed by atoms with Gasteiger partial charge in [0, 0.05) is 22.4 Å². The Hall–Kier alpha value is -4.13. The maximum absolute atomic E-state index is 12.6. The third-order valence-corrected chi connectivity index (χ3v) is 6.09. The molecular formula is C31H37N3O4. The van der Waals surface area contributed by atoms with Gasteiger partial charge in [-0.25, -0.2) is 0 Å². The minimum Gasteiger partial charge on any atom is -0.494 e. The third-order valence-electron chi connectivity index (χ3n) is 6.09. The Labute approximate surface area is 225 Å². The maximum atomic E-state index is 12.6. The molecule has 3 N–H and O–H groups in total. The quantitative estimate of drug-likeness (QED) is 0.219. The van der Waals surface area contributed by atoms with Gasteiger partial charge in [0.1, 0.15) is 5.75 Å². The van der Waals surface area contributed by atoms with Crippen LogP contribution in [0.5, 0.6) is 5.75 Å². The number of unbranched alkanes of at least 4 members (excludes halogenated alkanes) is 3. The first-order valence-electron chi connectivity index (χ1n) is 13.0. The zero-order valence-corrected chi connectivity index (χ0v) is 22.6. The van der Waals surface area contributed by atoms with Crippen molar-refractivity contribution >= 4 is 23.4 Å². The lowest BCUT2D eigenvalue weighted by Crippen LogP contribution is -2.41. The van der Waals surface area contributed by atoms with E-state index in [1.165, 1.54) is 12.8 Å². The molecule has 0 unspecified atom stereocenters. The van der Waals surface area contributed by atoms with Gasteiger partial charge in [-0.15, -0.1) is 0 Å². The summed E-state index contributed by atoms with van der Waals surface area (Å²) in [6, 6.07) is 20.7. The van der Waals surface area contributed by atoms with E-state index in [0.717, 1.165) is 18.4 Å². The van der Waals surface area contributed by atoms with Crippen molar-refractivity contribution in [2.75, 3.05) is 11.9 Å². The molecule has 0 bridgehead atoms. The summed E-state index contributed by atoms with van der Waals surface area (Å²) in [7, 11) is 0. The Balaban J connectivity index is 1.46. The van der Waals surface area contributed by atoms with Crippen molar-refractivity contribution in [1.82, 2.24) is 10.9 Å². The zero-order valence-electron chi connectivity index (χ0n) is 22.6. The number of amides is 3. The summed E-state index contributed by atoms with van der Waals surface area (Å²) in [5.41, 5.74) is 7.84. The molecule has 0 aromatic heterocycles. The van der Waals surface area contributed by atoms with Crippen LogP contribution >= 0.6 is 0 Å². The highest BCUT2D eigenvalue weighted by Gasteiger charge is 2.15. The number of hydrogen-bond donors (Lipinski definition) is 3. The molecule has 0 spiro atoms. The van der Waals surface area contributed by atoms with Crippen LogP contribution in [-0.4, -0.2) is 24.3 Å². The van der Waals surface area contributed by atoms with Crippen molar-refractivity contribution in [2.24, 2.45) is 0 Å². The molecule has 0 aliphatic rings. The molecule has 0 atom stereocenters. The smallest absolute Gasteiger partial charge is 0.269 e. The van der Waals surface area contributed by atoms with Gasteiger partial charge in [-0.2, -0.15) is 0 Å². The van der Waals surface area contributed by atoms with E-state index in [1.54, 1.807) is 60.7 Å². The number of anilines is 1. The van der Waals surface area contributed by atoms with Crippen LogP contribution in [0.25, 0.3) is 0 Å². The van der Waals surface area contributed by atoms with Gasteiger partial charge in [-0.3, -0.25) is 25.2 Å². The molecule has 3 amide bonds. The Morgan fingerprint density at radius 1 is 0.658 bits per heavy atom. The molecule has 3 aromatic rings. The van der Waals surface area contributed by atoms with Crippen LogP contribution in [-0.2, 0) is 5.41 Å². The molecule has 0 aliphatic carbocycles. The Morgan fingerprint density at radius 2 is 1.16 bits per heavy atom. The second-order valence-corrected chi connectivity index (χ2v) is 10.2. The third kappa shape index (κ3) is 8.47. The largest absolute Gasteiger partial charge is 0.494 e. The summed E-state index contributed by atoms with van der Waals surface area (Å²) in [5, 5.41) is 2.83. The van der Waals surface area contributed by atoms with Gasteiger partial charge < -0.3 is 10.1 Å². The molecule has 0 fully saturated rings. The van der Waals surface area contributed by atoms with Gasteiger partial charge in [-0.05, 0) is 78.1 Å². The molecule has 7 nitrogen and oxygen atoms in total. The van der Waals surface area contributed by atoms with Crippen molar-refractivity contribution < 1.29 is 19.1 Å². The van der Waals surface area contributed by atoms with Crippen molar-refractivity contribution in [3.63, 3.8) is 0 Å². The number of benzene rings is 3. The normalized spacial score (nSPS) is 10.9. The van der Waals surface area contributed by atoms with Gasteiger partial charge >= 0.3 is 0 Å². The van der Waals surface area contributed by atoms with Gasteiger partial charge in [-0.1, -0.05) is 59.1 Å². The summed E-state index contributed by atoms with van der Waals surface area (Å²) < 4.78 is 5.69. The Bertz CT molecular complexity index is 1210. The van der Waals surface area contributed by atoms with Gasteiger partial charge in [0.2, 0.25) is 0 Å². The molecule has 0 radical (unpaired) electrons. The second kappa shape index (κ2) is 13.4. The van der Waals surface area contributed by atoms with Crippen molar-refractivity contribution in [2.45, 2.75) is 58.8 Å². The monoisotopic (exact) mass is 515 g/mol. The van der Waals surface area contributed by atoms with Crippen LogP contribution in [0.15, 0.2) is 72.8 Å². The van der Waals surface area contributed by atoms with E-state index in [4.69, 9.17) is 4.74 Å². The average molecular weight is 516 g/mol. The molecule has 200 valence electrons. The van der Waals surface area contributed by atoms with E-state index in [9.17, 15) is 14.4 Å². The SMILES string of the molecule is CCCCCCOc1ccc(C(=O)NNC(=O)c2ccc(NC(=O)c3ccc(C(C)(C)C)cc3)cc2)cc1. The molecule has 0 heterocycles. The molecule has 7 heteroatoms. The highest BCUT2D eigenvalue weighted by molar-refractivity contribution is 6.04. The van der Waals surface area contributed by atoms with Crippen LogP contribution in [0.3, 0.4) is 0 Å². The standard InChI is InChI=1S/C31H37N3O4/c1-5-6-7-8-21-38-27-19-13-24(14-20-27)30(37)34-33-29(36)23-11-17-26(18-12-23)32-28(35)22-9-15-25(16-10-22)31(2,3)4/h9-20H,5-8,21H2,1-4H3,(H,32,35)(H,33,36)(H,34,37). The fraction of sp³-hybridized carbons (Fsp3) is 0.323. The number of rotatable bonds is 10. The number of carbonyl (C=O) groups is 3. The number of ether oxygens (including phenoxy) is 1. The summed E-state index contributed by atoms with van der Waals surface area (Å²) in [4.78, 5) is 37.4. The molecule has 0 aliphatic heterocycles. The summed E-state index contributed by atoms with van der Waals surface area (Å²) in [5.74, 6) is -0.436. The van der Waals surface area contributed by atoms with Crippen LogP contribution in [0.1, 0.15) is 90.0 Å².